The summed E-state index contributed by atoms with van der Waals surface area (Å²) in [6.45, 7) is 2.09. The van der Waals surface area contributed by atoms with E-state index in [1.54, 1.807) is 12.1 Å². The molecule has 0 fully saturated rings. The van der Waals surface area contributed by atoms with Gasteiger partial charge in [-0.2, -0.15) is 0 Å². The monoisotopic (exact) mass is 314 g/mol. The van der Waals surface area contributed by atoms with Gasteiger partial charge in [-0.05, 0) is 79.4 Å². The molecular formula is C18H19FN2S. The van der Waals surface area contributed by atoms with Crippen LogP contribution in [-0.2, 0) is 12.8 Å². The second-order valence-electron chi connectivity index (χ2n) is 5.71. The van der Waals surface area contributed by atoms with Crippen LogP contribution in [0.5, 0.6) is 0 Å². The highest BCUT2D eigenvalue weighted by Gasteiger charge is 2.14. The van der Waals surface area contributed by atoms with Crippen LogP contribution >= 0.6 is 12.2 Å². The molecule has 2 aromatic carbocycles. The van der Waals surface area contributed by atoms with E-state index in [0.29, 0.717) is 5.11 Å². The third kappa shape index (κ3) is 3.45. The molecule has 2 aromatic rings. The van der Waals surface area contributed by atoms with Crippen molar-refractivity contribution in [3.63, 3.8) is 0 Å². The minimum Gasteiger partial charge on any atom is -0.356 e. The molecule has 1 atom stereocenters. The molecule has 0 aliphatic heterocycles. The lowest BCUT2D eigenvalue weighted by Crippen LogP contribution is -2.30. The number of aryl methyl sites for hydroxylation is 2. The predicted molar refractivity (Wildman–Crippen MR) is 92.6 cm³/mol. The maximum absolute atomic E-state index is 12.9. The fourth-order valence-corrected chi connectivity index (χ4v) is 3.14. The number of halogens is 1. The van der Waals surface area contributed by atoms with Gasteiger partial charge in [0.05, 0.1) is 6.04 Å². The number of fused-ring (bicyclic) bond motifs is 1. The Morgan fingerprint density at radius 2 is 1.82 bits per heavy atom. The van der Waals surface area contributed by atoms with E-state index in [2.05, 4.69) is 35.8 Å². The van der Waals surface area contributed by atoms with Crippen LogP contribution in [0.4, 0.5) is 10.1 Å². The highest BCUT2D eigenvalue weighted by molar-refractivity contribution is 7.80. The lowest BCUT2D eigenvalue weighted by Gasteiger charge is -2.18. The number of anilines is 1. The van der Waals surface area contributed by atoms with Crippen LogP contribution in [0.25, 0.3) is 0 Å². The maximum atomic E-state index is 12.9. The Labute approximate surface area is 135 Å². The minimum atomic E-state index is -0.254. The molecule has 3 rings (SSSR count). The van der Waals surface area contributed by atoms with Crippen molar-refractivity contribution >= 4 is 23.0 Å². The van der Waals surface area contributed by atoms with Crippen LogP contribution in [-0.4, -0.2) is 5.11 Å². The largest absolute Gasteiger partial charge is 0.356 e. The number of benzene rings is 2. The number of hydrogen-bond donors (Lipinski definition) is 2. The van der Waals surface area contributed by atoms with Gasteiger partial charge in [0.1, 0.15) is 5.82 Å². The highest BCUT2D eigenvalue weighted by Crippen LogP contribution is 2.25. The molecule has 0 amide bonds. The summed E-state index contributed by atoms with van der Waals surface area (Å²) in [6.07, 6.45) is 3.63. The van der Waals surface area contributed by atoms with E-state index in [1.165, 1.54) is 48.1 Å². The molecule has 1 aliphatic carbocycles. The molecule has 0 bridgehead atoms. The first-order valence-electron chi connectivity index (χ1n) is 7.56. The minimum absolute atomic E-state index is 0.131. The number of rotatable bonds is 3. The van der Waals surface area contributed by atoms with Crippen LogP contribution in [0.15, 0.2) is 42.5 Å². The van der Waals surface area contributed by atoms with E-state index < -0.39 is 0 Å². The molecule has 0 aromatic heterocycles. The number of thiocarbonyl (C=S) groups is 1. The first-order valence-corrected chi connectivity index (χ1v) is 7.97. The Morgan fingerprint density at radius 3 is 2.59 bits per heavy atom. The van der Waals surface area contributed by atoms with E-state index >= 15 is 0 Å². The third-order valence-corrected chi connectivity index (χ3v) is 4.29. The molecule has 0 heterocycles. The Kier molecular flexibility index (Phi) is 4.39. The maximum Gasteiger partial charge on any atom is 0.171 e. The third-order valence-electron chi connectivity index (χ3n) is 4.07. The Morgan fingerprint density at radius 1 is 1.09 bits per heavy atom. The van der Waals surface area contributed by atoms with Crippen molar-refractivity contribution in [1.29, 1.82) is 0 Å². The number of hydrogen-bond acceptors (Lipinski definition) is 1. The topological polar surface area (TPSA) is 24.1 Å². The first-order chi connectivity index (χ1) is 10.6. The van der Waals surface area contributed by atoms with Crippen LogP contribution in [0, 0.1) is 5.82 Å². The van der Waals surface area contributed by atoms with Gasteiger partial charge >= 0.3 is 0 Å². The van der Waals surface area contributed by atoms with E-state index in [-0.39, 0.29) is 11.9 Å². The number of nitrogens with one attached hydrogen (secondary N) is 2. The molecule has 0 radical (unpaired) electrons. The fourth-order valence-electron chi connectivity index (χ4n) is 2.84. The van der Waals surface area contributed by atoms with Gasteiger partial charge in [-0.15, -0.1) is 0 Å². The van der Waals surface area contributed by atoms with Crippen LogP contribution in [0.2, 0.25) is 0 Å². The molecule has 4 heteroatoms. The summed E-state index contributed by atoms with van der Waals surface area (Å²) in [4.78, 5) is 0. The zero-order valence-electron chi connectivity index (χ0n) is 12.5. The molecule has 0 saturated heterocycles. The smallest absolute Gasteiger partial charge is 0.171 e. The Bertz CT molecular complexity index is 682. The van der Waals surface area contributed by atoms with Gasteiger partial charge in [0.25, 0.3) is 0 Å². The van der Waals surface area contributed by atoms with E-state index in [4.69, 9.17) is 12.2 Å². The molecule has 2 nitrogen and oxygen atoms in total. The summed E-state index contributed by atoms with van der Waals surface area (Å²) >= 11 is 5.33. The molecule has 0 unspecified atom stereocenters. The summed E-state index contributed by atoms with van der Waals surface area (Å²) in [7, 11) is 0. The molecule has 0 spiro atoms. The predicted octanol–water partition coefficient (Wildman–Crippen LogP) is 4.36. The van der Waals surface area contributed by atoms with E-state index in [9.17, 15) is 4.39 Å². The standard InChI is InChI=1S/C18H19FN2S/c1-12(14-6-5-13-3-2-4-15(13)11-14)20-18(22)21-17-9-7-16(19)8-10-17/h5-12H,2-4H2,1H3,(H2,20,21,22)/t12-/m1/s1. The van der Waals surface area contributed by atoms with Crippen LogP contribution < -0.4 is 10.6 Å². The Hall–Kier alpha value is -1.94. The van der Waals surface area contributed by atoms with E-state index in [1.807, 2.05) is 0 Å². The van der Waals surface area contributed by atoms with Gasteiger partial charge in [-0.25, -0.2) is 4.39 Å². The van der Waals surface area contributed by atoms with Crippen molar-refractivity contribution in [2.24, 2.45) is 0 Å². The van der Waals surface area contributed by atoms with Crippen LogP contribution in [0.3, 0.4) is 0 Å². The van der Waals surface area contributed by atoms with Gasteiger partial charge in [-0.3, -0.25) is 0 Å². The molecule has 1 aliphatic rings. The normalized spacial score (nSPS) is 14.3. The van der Waals surface area contributed by atoms with Gasteiger partial charge in [0.15, 0.2) is 5.11 Å². The van der Waals surface area contributed by atoms with E-state index in [0.717, 1.165) is 5.69 Å². The lowest BCUT2D eigenvalue weighted by molar-refractivity contribution is 0.628. The average molecular weight is 314 g/mol. The SMILES string of the molecule is C[C@@H](NC(=S)Nc1ccc(F)cc1)c1ccc2c(c1)CCC2. The summed E-state index contributed by atoms with van der Waals surface area (Å²) in [5.74, 6) is -0.254. The first kappa shape index (κ1) is 15.0. The lowest BCUT2D eigenvalue weighted by atomic mass is 10.0. The Balaban J connectivity index is 1.62. The van der Waals surface area contributed by atoms with Gasteiger partial charge in [-0.1, -0.05) is 18.2 Å². The summed E-state index contributed by atoms with van der Waals surface area (Å²) in [5, 5.41) is 6.89. The second kappa shape index (κ2) is 6.44. The highest BCUT2D eigenvalue weighted by atomic mass is 32.1. The zero-order chi connectivity index (χ0) is 15.5. The van der Waals surface area contributed by atoms with Gasteiger partial charge in [0.2, 0.25) is 0 Å². The van der Waals surface area contributed by atoms with Crippen molar-refractivity contribution in [2.45, 2.75) is 32.2 Å². The molecule has 22 heavy (non-hydrogen) atoms. The molecule has 114 valence electrons. The summed E-state index contributed by atoms with van der Waals surface area (Å²) in [5.41, 5.74) is 4.95. The van der Waals surface area contributed by atoms with Gasteiger partial charge < -0.3 is 10.6 Å². The van der Waals surface area contributed by atoms with Crippen LogP contribution in [0.1, 0.15) is 36.1 Å². The summed E-state index contributed by atoms with van der Waals surface area (Å²) < 4.78 is 12.9. The second-order valence-corrected chi connectivity index (χ2v) is 6.12. The van der Waals surface area contributed by atoms with Crippen molar-refractivity contribution in [2.75, 3.05) is 5.32 Å². The van der Waals surface area contributed by atoms with Crippen molar-refractivity contribution in [3.8, 4) is 0 Å². The molecule has 2 N–H and O–H groups in total. The quantitative estimate of drug-likeness (QED) is 0.823. The molecular weight excluding hydrogens is 295 g/mol. The van der Waals surface area contributed by atoms with Crippen molar-refractivity contribution < 1.29 is 4.39 Å². The van der Waals surface area contributed by atoms with Crippen molar-refractivity contribution in [3.05, 3.63) is 65.0 Å². The van der Waals surface area contributed by atoms with Crippen molar-refractivity contribution in [1.82, 2.24) is 5.32 Å². The fraction of sp³-hybridized carbons (Fsp3) is 0.278. The summed E-state index contributed by atoms with van der Waals surface area (Å²) in [6, 6.07) is 13.0. The van der Waals surface area contributed by atoms with Gasteiger partial charge in [0, 0.05) is 5.69 Å². The average Bonchev–Trinajstić information content (AvgIpc) is 2.97. The zero-order valence-corrected chi connectivity index (χ0v) is 13.3. The molecule has 0 saturated carbocycles.